The lowest BCUT2D eigenvalue weighted by atomic mass is 10.1. The molecule has 3 rings (SSSR count). The van der Waals surface area contributed by atoms with Gasteiger partial charge in [-0.15, -0.1) is 0 Å². The molecule has 25 heavy (non-hydrogen) atoms. The third kappa shape index (κ3) is 4.82. The predicted octanol–water partition coefficient (Wildman–Crippen LogP) is 3.28. The molecule has 2 aromatic rings. The summed E-state index contributed by atoms with van der Waals surface area (Å²) in [6.07, 6.45) is 2.15. The number of hydrogen-bond donors (Lipinski definition) is 0. The normalized spacial score (nSPS) is 16.8. The maximum absolute atomic E-state index is 12.7. The number of rotatable bonds is 6. The fourth-order valence-electron chi connectivity index (χ4n) is 3.10. The van der Waals surface area contributed by atoms with Crippen LogP contribution in [0.3, 0.4) is 0 Å². The van der Waals surface area contributed by atoms with E-state index in [9.17, 15) is 8.42 Å². The van der Waals surface area contributed by atoms with E-state index in [2.05, 4.69) is 29.2 Å². The average Bonchev–Trinajstić information content (AvgIpc) is 2.63. The van der Waals surface area contributed by atoms with Gasteiger partial charge in [-0.25, -0.2) is 8.42 Å². The summed E-state index contributed by atoms with van der Waals surface area (Å²) < 4.78 is 26.9. The SMILES string of the molecule is O=S(=O)(c1ccc(Cl)cc1)N1CCN(CCCc2ccccc2)CC1. The molecule has 134 valence electrons. The van der Waals surface area contributed by atoms with Crippen LogP contribution in [0.15, 0.2) is 59.5 Å². The molecule has 0 aromatic heterocycles. The number of hydrogen-bond acceptors (Lipinski definition) is 3. The van der Waals surface area contributed by atoms with E-state index in [-0.39, 0.29) is 0 Å². The molecule has 1 fully saturated rings. The quantitative estimate of drug-likeness (QED) is 0.774. The zero-order valence-corrected chi connectivity index (χ0v) is 15.7. The van der Waals surface area contributed by atoms with E-state index in [4.69, 9.17) is 11.6 Å². The first-order valence-corrected chi connectivity index (χ1v) is 10.4. The zero-order chi connectivity index (χ0) is 17.7. The molecular weight excluding hydrogens is 356 g/mol. The molecule has 0 unspecified atom stereocenters. The van der Waals surface area contributed by atoms with Crippen LogP contribution in [0.4, 0.5) is 0 Å². The fourth-order valence-corrected chi connectivity index (χ4v) is 4.65. The maximum atomic E-state index is 12.7. The second kappa shape index (κ2) is 8.32. The maximum Gasteiger partial charge on any atom is 0.243 e. The van der Waals surface area contributed by atoms with E-state index in [1.54, 1.807) is 28.6 Å². The van der Waals surface area contributed by atoms with Crippen LogP contribution in [0.2, 0.25) is 5.02 Å². The van der Waals surface area contributed by atoms with Gasteiger partial charge in [-0.05, 0) is 49.2 Å². The topological polar surface area (TPSA) is 40.6 Å². The first-order valence-electron chi connectivity index (χ1n) is 8.58. The van der Waals surface area contributed by atoms with Crippen molar-refractivity contribution >= 4 is 21.6 Å². The van der Waals surface area contributed by atoms with Crippen molar-refractivity contribution in [3.05, 3.63) is 65.2 Å². The van der Waals surface area contributed by atoms with Gasteiger partial charge in [0, 0.05) is 31.2 Å². The van der Waals surface area contributed by atoms with Gasteiger partial charge in [-0.1, -0.05) is 41.9 Å². The van der Waals surface area contributed by atoms with E-state index in [0.29, 0.717) is 23.0 Å². The molecular formula is C19H23ClN2O2S. The standard InChI is InChI=1S/C19H23ClN2O2S/c20-18-8-10-19(11-9-18)25(23,24)22-15-13-21(14-16-22)12-4-7-17-5-2-1-3-6-17/h1-3,5-6,8-11H,4,7,12-16H2. The molecule has 0 radical (unpaired) electrons. The van der Waals surface area contributed by atoms with Crippen molar-refractivity contribution in [1.29, 1.82) is 0 Å². The monoisotopic (exact) mass is 378 g/mol. The number of halogens is 1. The highest BCUT2D eigenvalue weighted by Gasteiger charge is 2.28. The molecule has 0 spiro atoms. The van der Waals surface area contributed by atoms with Crippen molar-refractivity contribution in [3.63, 3.8) is 0 Å². The van der Waals surface area contributed by atoms with Gasteiger partial charge in [0.1, 0.15) is 0 Å². The van der Waals surface area contributed by atoms with Crippen LogP contribution in [0.25, 0.3) is 0 Å². The summed E-state index contributed by atoms with van der Waals surface area (Å²) in [5, 5.41) is 0.544. The first kappa shape index (κ1) is 18.4. The minimum absolute atomic E-state index is 0.314. The highest BCUT2D eigenvalue weighted by Crippen LogP contribution is 2.20. The summed E-state index contributed by atoms with van der Waals surface area (Å²) in [4.78, 5) is 2.66. The first-order chi connectivity index (χ1) is 12.1. The van der Waals surface area contributed by atoms with Crippen LogP contribution in [0, 0.1) is 0 Å². The van der Waals surface area contributed by atoms with Gasteiger partial charge in [0.2, 0.25) is 10.0 Å². The Morgan fingerprint density at radius 2 is 1.52 bits per heavy atom. The molecule has 1 aliphatic rings. The van der Waals surface area contributed by atoms with Gasteiger partial charge in [0.15, 0.2) is 0 Å². The average molecular weight is 379 g/mol. The van der Waals surface area contributed by atoms with Crippen LogP contribution in [-0.4, -0.2) is 50.3 Å². The van der Waals surface area contributed by atoms with E-state index < -0.39 is 10.0 Å². The van der Waals surface area contributed by atoms with Gasteiger partial charge < -0.3 is 4.90 Å². The van der Waals surface area contributed by atoms with Crippen molar-refractivity contribution in [1.82, 2.24) is 9.21 Å². The van der Waals surface area contributed by atoms with Crippen LogP contribution in [0.5, 0.6) is 0 Å². The molecule has 4 nitrogen and oxygen atoms in total. The van der Waals surface area contributed by atoms with Crippen molar-refractivity contribution in [2.24, 2.45) is 0 Å². The van der Waals surface area contributed by atoms with Crippen molar-refractivity contribution in [2.45, 2.75) is 17.7 Å². The lowest BCUT2D eigenvalue weighted by Crippen LogP contribution is -2.48. The minimum atomic E-state index is -3.42. The Morgan fingerprint density at radius 3 is 2.16 bits per heavy atom. The molecule has 1 heterocycles. The Bertz CT molecular complexity index is 771. The molecule has 0 atom stereocenters. The van der Waals surface area contributed by atoms with Gasteiger partial charge in [-0.2, -0.15) is 4.31 Å². The van der Waals surface area contributed by atoms with Crippen molar-refractivity contribution in [2.75, 3.05) is 32.7 Å². The Balaban J connectivity index is 1.49. The van der Waals surface area contributed by atoms with Crippen LogP contribution >= 0.6 is 11.6 Å². The second-order valence-electron chi connectivity index (χ2n) is 6.29. The molecule has 1 aliphatic heterocycles. The smallest absolute Gasteiger partial charge is 0.243 e. The molecule has 0 N–H and O–H groups in total. The summed E-state index contributed by atoms with van der Waals surface area (Å²) in [7, 11) is -3.42. The molecule has 6 heteroatoms. The van der Waals surface area contributed by atoms with Crippen molar-refractivity contribution < 1.29 is 8.42 Å². The van der Waals surface area contributed by atoms with E-state index in [1.807, 2.05) is 6.07 Å². The number of piperazine rings is 1. The molecule has 0 amide bonds. The fraction of sp³-hybridized carbons (Fsp3) is 0.368. The van der Waals surface area contributed by atoms with Gasteiger partial charge >= 0.3 is 0 Å². The Kier molecular flexibility index (Phi) is 6.12. The number of sulfonamides is 1. The Hall–Kier alpha value is -1.40. The Labute approximate surface area is 155 Å². The summed E-state index contributed by atoms with van der Waals surface area (Å²) >= 11 is 5.84. The van der Waals surface area contributed by atoms with E-state index >= 15 is 0 Å². The van der Waals surface area contributed by atoms with E-state index in [1.165, 1.54) is 5.56 Å². The molecule has 0 aliphatic carbocycles. The van der Waals surface area contributed by atoms with Gasteiger partial charge in [-0.3, -0.25) is 0 Å². The second-order valence-corrected chi connectivity index (χ2v) is 8.66. The number of aryl methyl sites for hydroxylation is 1. The number of nitrogens with zero attached hydrogens (tertiary/aromatic N) is 2. The summed E-state index contributed by atoms with van der Waals surface area (Å²) in [5.41, 5.74) is 1.35. The van der Waals surface area contributed by atoms with Gasteiger partial charge in [0.25, 0.3) is 0 Å². The van der Waals surface area contributed by atoms with Crippen molar-refractivity contribution in [3.8, 4) is 0 Å². The minimum Gasteiger partial charge on any atom is -0.301 e. The van der Waals surface area contributed by atoms with Crippen LogP contribution in [-0.2, 0) is 16.4 Å². The third-order valence-electron chi connectivity index (χ3n) is 4.57. The largest absolute Gasteiger partial charge is 0.301 e. The van der Waals surface area contributed by atoms with Crippen LogP contribution in [0.1, 0.15) is 12.0 Å². The van der Waals surface area contributed by atoms with E-state index in [0.717, 1.165) is 32.5 Å². The Morgan fingerprint density at radius 1 is 0.880 bits per heavy atom. The summed E-state index contributed by atoms with van der Waals surface area (Å²) in [5.74, 6) is 0. The molecule has 2 aromatic carbocycles. The third-order valence-corrected chi connectivity index (χ3v) is 6.73. The van der Waals surface area contributed by atoms with Gasteiger partial charge in [0.05, 0.1) is 4.90 Å². The highest BCUT2D eigenvalue weighted by atomic mass is 35.5. The zero-order valence-electron chi connectivity index (χ0n) is 14.1. The number of benzene rings is 2. The summed E-state index contributed by atoms with van der Waals surface area (Å²) in [6, 6.07) is 16.8. The summed E-state index contributed by atoms with van der Waals surface area (Å²) in [6.45, 7) is 3.64. The predicted molar refractivity (Wildman–Crippen MR) is 101 cm³/mol. The van der Waals surface area contributed by atoms with Crippen LogP contribution < -0.4 is 0 Å². The molecule has 0 bridgehead atoms. The lowest BCUT2D eigenvalue weighted by Gasteiger charge is -2.34. The molecule has 1 saturated heterocycles. The highest BCUT2D eigenvalue weighted by molar-refractivity contribution is 7.89. The molecule has 0 saturated carbocycles. The lowest BCUT2D eigenvalue weighted by molar-refractivity contribution is 0.187.